The number of anilines is 2. The highest BCUT2D eigenvalue weighted by Crippen LogP contribution is 2.40. The minimum atomic E-state index is -0.466. The van der Waals surface area contributed by atoms with E-state index in [1.54, 1.807) is 4.68 Å². The van der Waals surface area contributed by atoms with Gasteiger partial charge in [-0.05, 0) is 77.7 Å². The Hall–Kier alpha value is -3.66. The molecular formula is C30H39N7O3. The first kappa shape index (κ1) is 26.6. The number of hydrogen-bond donors (Lipinski definition) is 1. The number of aryl methyl sites for hydroxylation is 2. The van der Waals surface area contributed by atoms with Crippen LogP contribution in [0.1, 0.15) is 62.9 Å². The molecule has 1 N–H and O–H groups in total. The minimum absolute atomic E-state index is 0.201. The molecule has 3 aromatic heterocycles. The summed E-state index contributed by atoms with van der Waals surface area (Å²) in [5.74, 6) is 1.97. The largest absolute Gasteiger partial charge is 0.485 e. The van der Waals surface area contributed by atoms with Crippen LogP contribution in [0.5, 0.6) is 5.75 Å². The first-order chi connectivity index (χ1) is 19.1. The van der Waals surface area contributed by atoms with Gasteiger partial charge < -0.3 is 19.7 Å². The Morgan fingerprint density at radius 2 is 1.98 bits per heavy atom. The van der Waals surface area contributed by atoms with Gasteiger partial charge in [-0.25, -0.2) is 9.78 Å². The standard InChI is InChI=1S/C30H39N7O3/c1-19-27-26(34-28-24(18-39-27)23(6-10-31-28)21-15-32-35(5)16-21)14-25(33-19)20-7-11-36(12-8-20)22-9-13-37(17-22)29(38)40-30(2,3)4/h6,10,14-16,20,22H,7-9,11-13,17-18H2,1-5H3,(H,31,34)/t22-/m0/s1. The number of pyridine rings is 2. The SMILES string of the molecule is Cc1nc(C2CCN([C@H]3CCN(C(=O)OC(C)(C)C)C3)CC2)cc2c1OCc1c(-c3cnn(C)c3)ccnc1N2. The Balaban J connectivity index is 1.13. The van der Waals surface area contributed by atoms with Crippen molar-refractivity contribution in [2.75, 3.05) is 31.5 Å². The van der Waals surface area contributed by atoms with Gasteiger partial charge in [0.05, 0.1) is 17.6 Å². The summed E-state index contributed by atoms with van der Waals surface area (Å²) >= 11 is 0. The summed E-state index contributed by atoms with van der Waals surface area (Å²) in [6, 6.07) is 4.55. The van der Waals surface area contributed by atoms with E-state index in [-0.39, 0.29) is 6.09 Å². The number of ether oxygens (including phenoxy) is 2. The molecular weight excluding hydrogens is 506 g/mol. The Morgan fingerprint density at radius 3 is 2.70 bits per heavy atom. The van der Waals surface area contributed by atoms with Crippen LogP contribution in [0.25, 0.3) is 11.1 Å². The van der Waals surface area contributed by atoms with Gasteiger partial charge in [0.25, 0.3) is 0 Å². The molecule has 6 rings (SSSR count). The number of hydrogen-bond acceptors (Lipinski definition) is 8. The Labute approximate surface area is 235 Å². The molecule has 1 atom stereocenters. The number of fused-ring (bicyclic) bond motifs is 2. The van der Waals surface area contributed by atoms with E-state index in [0.29, 0.717) is 18.6 Å². The fraction of sp³-hybridized carbons (Fsp3) is 0.533. The van der Waals surface area contributed by atoms with Gasteiger partial charge in [0, 0.05) is 61.3 Å². The normalized spacial score (nSPS) is 19.8. The van der Waals surface area contributed by atoms with Gasteiger partial charge in [0.15, 0.2) is 5.75 Å². The van der Waals surface area contributed by atoms with Crippen LogP contribution in [-0.4, -0.2) is 73.5 Å². The number of nitrogens with one attached hydrogen (secondary N) is 1. The summed E-state index contributed by atoms with van der Waals surface area (Å²) in [6.07, 6.45) is 8.57. The Bertz CT molecular complexity index is 1400. The molecule has 0 aliphatic carbocycles. The molecule has 0 spiro atoms. The zero-order valence-corrected chi connectivity index (χ0v) is 24.1. The second-order valence-electron chi connectivity index (χ2n) is 12.2. The summed E-state index contributed by atoms with van der Waals surface area (Å²) < 4.78 is 13.7. The van der Waals surface area contributed by atoms with Crippen molar-refractivity contribution in [3.8, 4) is 16.9 Å². The summed E-state index contributed by atoms with van der Waals surface area (Å²) in [6.45, 7) is 11.7. The van der Waals surface area contributed by atoms with Gasteiger partial charge >= 0.3 is 6.09 Å². The summed E-state index contributed by atoms with van der Waals surface area (Å²) in [5, 5.41) is 7.90. The summed E-state index contributed by atoms with van der Waals surface area (Å²) in [7, 11) is 1.92. The topological polar surface area (TPSA) is 97.6 Å². The van der Waals surface area contributed by atoms with Crippen molar-refractivity contribution < 1.29 is 14.3 Å². The van der Waals surface area contributed by atoms with Gasteiger partial charge in [-0.2, -0.15) is 5.10 Å². The molecule has 0 saturated carbocycles. The van der Waals surface area contributed by atoms with Crippen molar-refractivity contribution >= 4 is 17.6 Å². The lowest BCUT2D eigenvalue weighted by Gasteiger charge is -2.36. The van der Waals surface area contributed by atoms with E-state index in [4.69, 9.17) is 14.5 Å². The molecule has 10 heteroatoms. The summed E-state index contributed by atoms with van der Waals surface area (Å²) in [5.41, 5.74) is 5.56. The molecule has 2 saturated heterocycles. The van der Waals surface area contributed by atoms with Crippen LogP contribution >= 0.6 is 0 Å². The molecule has 1 amide bonds. The maximum Gasteiger partial charge on any atom is 0.410 e. The Morgan fingerprint density at radius 1 is 1.18 bits per heavy atom. The number of amides is 1. The lowest BCUT2D eigenvalue weighted by Crippen LogP contribution is -2.43. The van der Waals surface area contributed by atoms with E-state index in [0.717, 1.165) is 90.8 Å². The number of piperidine rings is 1. The second-order valence-corrected chi connectivity index (χ2v) is 12.2. The third kappa shape index (κ3) is 5.37. The van der Waals surface area contributed by atoms with Crippen LogP contribution in [0.2, 0.25) is 0 Å². The predicted octanol–water partition coefficient (Wildman–Crippen LogP) is 5.01. The molecule has 3 aliphatic heterocycles. The van der Waals surface area contributed by atoms with Crippen LogP contribution in [0.3, 0.4) is 0 Å². The minimum Gasteiger partial charge on any atom is -0.485 e. The third-order valence-corrected chi connectivity index (χ3v) is 8.13. The van der Waals surface area contributed by atoms with Crippen molar-refractivity contribution in [1.29, 1.82) is 0 Å². The molecule has 0 unspecified atom stereocenters. The predicted molar refractivity (Wildman–Crippen MR) is 153 cm³/mol. The number of nitrogens with zero attached hydrogens (tertiary/aromatic N) is 6. The highest BCUT2D eigenvalue weighted by atomic mass is 16.6. The Kier molecular flexibility index (Phi) is 6.90. The molecule has 2 fully saturated rings. The lowest BCUT2D eigenvalue weighted by molar-refractivity contribution is 0.0276. The maximum atomic E-state index is 12.5. The average Bonchev–Trinajstić information content (AvgIpc) is 3.53. The fourth-order valence-corrected chi connectivity index (χ4v) is 6.11. The molecule has 6 heterocycles. The van der Waals surface area contributed by atoms with Crippen molar-refractivity contribution in [3.63, 3.8) is 0 Å². The smallest absolute Gasteiger partial charge is 0.410 e. The lowest BCUT2D eigenvalue weighted by atomic mass is 9.91. The molecule has 3 aliphatic rings. The van der Waals surface area contributed by atoms with Crippen LogP contribution in [0.4, 0.5) is 16.3 Å². The molecule has 3 aromatic rings. The highest BCUT2D eigenvalue weighted by molar-refractivity contribution is 5.76. The first-order valence-corrected chi connectivity index (χ1v) is 14.2. The van der Waals surface area contributed by atoms with Crippen molar-refractivity contribution in [2.24, 2.45) is 7.05 Å². The molecule has 212 valence electrons. The molecule has 0 bridgehead atoms. The van der Waals surface area contributed by atoms with Crippen LogP contribution in [-0.2, 0) is 18.4 Å². The molecule has 10 nitrogen and oxygen atoms in total. The van der Waals surface area contributed by atoms with Crippen molar-refractivity contribution in [3.05, 3.63) is 47.7 Å². The highest BCUT2D eigenvalue weighted by Gasteiger charge is 2.35. The zero-order chi connectivity index (χ0) is 28.0. The van der Waals surface area contributed by atoms with Crippen LogP contribution in [0.15, 0.2) is 30.7 Å². The van der Waals surface area contributed by atoms with Gasteiger partial charge in [-0.15, -0.1) is 0 Å². The second kappa shape index (κ2) is 10.4. The van der Waals surface area contributed by atoms with E-state index in [1.807, 2.05) is 64.3 Å². The van der Waals surface area contributed by atoms with E-state index < -0.39 is 5.60 Å². The number of likely N-dealkylation sites (tertiary alicyclic amines) is 2. The molecule has 0 aromatic carbocycles. The molecule has 0 radical (unpaired) electrons. The van der Waals surface area contributed by atoms with Crippen LogP contribution in [0, 0.1) is 6.92 Å². The average molecular weight is 546 g/mol. The van der Waals surface area contributed by atoms with Gasteiger partial charge in [-0.3, -0.25) is 14.6 Å². The van der Waals surface area contributed by atoms with E-state index in [9.17, 15) is 4.79 Å². The quantitative estimate of drug-likeness (QED) is 0.491. The monoisotopic (exact) mass is 545 g/mol. The maximum absolute atomic E-state index is 12.5. The van der Waals surface area contributed by atoms with Gasteiger partial charge in [0.1, 0.15) is 18.0 Å². The van der Waals surface area contributed by atoms with E-state index in [1.165, 1.54) is 0 Å². The van der Waals surface area contributed by atoms with Crippen LogP contribution < -0.4 is 10.1 Å². The van der Waals surface area contributed by atoms with Gasteiger partial charge in [0.2, 0.25) is 0 Å². The number of carbonyl (C=O) groups is 1. The first-order valence-electron chi connectivity index (χ1n) is 14.2. The summed E-state index contributed by atoms with van der Waals surface area (Å²) in [4.78, 5) is 26.6. The molecule has 40 heavy (non-hydrogen) atoms. The van der Waals surface area contributed by atoms with Gasteiger partial charge in [-0.1, -0.05) is 0 Å². The van der Waals surface area contributed by atoms with Crippen molar-refractivity contribution in [2.45, 2.75) is 71.1 Å². The number of carbonyl (C=O) groups excluding carboxylic acids is 1. The fourth-order valence-electron chi connectivity index (χ4n) is 6.11. The number of aromatic nitrogens is 4. The van der Waals surface area contributed by atoms with E-state index >= 15 is 0 Å². The zero-order valence-electron chi connectivity index (χ0n) is 24.1. The van der Waals surface area contributed by atoms with Crippen molar-refractivity contribution in [1.82, 2.24) is 29.5 Å². The van der Waals surface area contributed by atoms with E-state index in [2.05, 4.69) is 26.4 Å². The number of rotatable bonds is 3. The third-order valence-electron chi connectivity index (χ3n) is 8.13.